The van der Waals surface area contributed by atoms with Crippen LogP contribution in [0, 0.1) is 10.8 Å². The van der Waals surface area contributed by atoms with E-state index in [9.17, 15) is 82.1 Å². The molecule has 0 radical (unpaired) electrons. The van der Waals surface area contributed by atoms with Crippen molar-refractivity contribution in [2.45, 2.75) is 107 Å². The van der Waals surface area contributed by atoms with Gasteiger partial charge < -0.3 is 107 Å². The molecular weight excluding hydrogens is 1370 g/mol. The average Bonchev–Trinajstić information content (AvgIpc) is 1.74. The van der Waals surface area contributed by atoms with Crippen molar-refractivity contribution in [2.24, 2.45) is 17.2 Å². The molecule has 0 saturated carbocycles. The van der Waals surface area contributed by atoms with E-state index < -0.39 is 167 Å². The van der Waals surface area contributed by atoms with E-state index in [2.05, 4.69) is 79.8 Å². The maximum absolute atomic E-state index is 14.3. The lowest BCUT2D eigenvalue weighted by Crippen LogP contribution is -2.55. The second kappa shape index (κ2) is 43.4. The standard InChI is InChI=1S/C68H86N20O17/c69-42(32-39-16-4-1-5-17-39)57(96)82-47(58(97)75-29-13-11-23-46-62(101)84-44(25-15-31-77-68(72)73)60(99)79-38-54(91)81-51(36-56(94)95)66(105)88-49(64(103)86-46)34-41-20-8-3-9-21-41)26-27-52(89)74-28-12-10-22-45-61(100)83-43(24-14-30-76-67(70)71)59(98)78-37-53(90)80-50(35-55(92)93)65(104)87-48(63(102)85-45)33-40-18-6-2-7-19-40/h1-9,16-21,23,25,32-33,36,43,45,47,49-50H,10-15,22,24,26-31,34-35,37-38,69H2,(H,74,89)(H,75,97)(H,78,98)(H,79,99)(H,80,90)(H,81,91)(H,82,96)(H,83,100)(H,84,101)(H,85,102)(H,86,103)(H,87,104)(H,88,105)(H,92,93)(H,94,95)(H4,70,71,76)(H4,72,73,77)/b42-32-,44-25-,46-23+,48-33-,51-36+/t43-,45-,47?,49+,50-/m0/s1. The number of unbranched alkanes of at least 4 members (excludes halogenated alkanes) is 2. The van der Waals surface area contributed by atoms with Gasteiger partial charge in [-0.25, -0.2) is 4.79 Å². The van der Waals surface area contributed by atoms with Crippen molar-refractivity contribution in [3.63, 3.8) is 0 Å². The SMILES string of the molecule is N=C(N)NCC/C=C1\NC(=O)/C(=C\CCCNC(=O)C(CCC(=O)NCCCC[C@@H]2NC(=O)/C(=C/c3ccccc3)NC(=O)[C@H](CC(=O)O)NC(=O)CNC(=O)[C@H](CCCNC(=N)N)NC2=O)NC(=O)/C(N)=C/c2ccccc2)NC(=O)[C@@H](Cc2ccccc2)NC(=O)/C(=C\C(=O)O)NC(=O)CNC1=O. The first-order valence-electron chi connectivity index (χ1n) is 33.1. The van der Waals surface area contributed by atoms with E-state index in [1.165, 1.54) is 24.3 Å². The van der Waals surface area contributed by atoms with Crippen molar-refractivity contribution in [1.29, 1.82) is 10.8 Å². The molecule has 2 aliphatic heterocycles. The Kier molecular flexibility index (Phi) is 34.1. The predicted molar refractivity (Wildman–Crippen MR) is 378 cm³/mol. The molecule has 37 nitrogen and oxygen atoms in total. The number of amides is 13. The van der Waals surface area contributed by atoms with Gasteiger partial charge in [0.1, 0.15) is 53.0 Å². The molecule has 0 bridgehead atoms. The van der Waals surface area contributed by atoms with Crippen LogP contribution in [0.2, 0.25) is 0 Å². The van der Waals surface area contributed by atoms with Crippen molar-refractivity contribution in [1.82, 2.24) is 79.8 Å². The quantitative estimate of drug-likeness (QED) is 0.0135. The van der Waals surface area contributed by atoms with Gasteiger partial charge in [0.2, 0.25) is 47.3 Å². The maximum Gasteiger partial charge on any atom is 0.330 e. The normalized spacial score (nSPS) is 19.4. The lowest BCUT2D eigenvalue weighted by atomic mass is 10.0. The topological polar surface area (TPSA) is 603 Å². The second-order valence-corrected chi connectivity index (χ2v) is 23.5. The summed E-state index contributed by atoms with van der Waals surface area (Å²) in [4.78, 5) is 202. The van der Waals surface area contributed by atoms with E-state index in [1.54, 1.807) is 91.0 Å². The summed E-state index contributed by atoms with van der Waals surface area (Å²) >= 11 is 0. The molecule has 0 aliphatic carbocycles. The molecule has 1 unspecified atom stereocenters. The molecule has 13 amide bonds. The summed E-state index contributed by atoms with van der Waals surface area (Å²) in [6.07, 6.45) is 3.62. The lowest BCUT2D eigenvalue weighted by molar-refractivity contribution is -0.140. The number of aliphatic carboxylic acids is 2. The van der Waals surface area contributed by atoms with Crippen LogP contribution in [0.5, 0.6) is 0 Å². The number of benzene rings is 3. The molecule has 3 aromatic rings. The van der Waals surface area contributed by atoms with Crippen molar-refractivity contribution in [3.05, 3.63) is 154 Å². The Morgan fingerprint density at radius 2 is 1.08 bits per heavy atom. The van der Waals surface area contributed by atoms with E-state index in [0.29, 0.717) is 22.8 Å². The zero-order valence-corrected chi connectivity index (χ0v) is 56.9. The van der Waals surface area contributed by atoms with Gasteiger partial charge in [0, 0.05) is 39.0 Å². The first-order chi connectivity index (χ1) is 50.1. The Labute approximate surface area is 601 Å². The van der Waals surface area contributed by atoms with E-state index in [-0.39, 0.29) is 108 Å². The van der Waals surface area contributed by atoms with Crippen LogP contribution >= 0.6 is 0 Å². The number of hydrogen-bond acceptors (Lipinski definition) is 18. The van der Waals surface area contributed by atoms with Crippen LogP contribution in [0.15, 0.2) is 138 Å². The van der Waals surface area contributed by atoms with Gasteiger partial charge in [-0.15, -0.1) is 0 Å². The van der Waals surface area contributed by atoms with Crippen LogP contribution in [-0.2, 0) is 78.3 Å². The molecule has 3 aromatic carbocycles. The molecule has 5 atom stereocenters. The average molecular weight is 1460 g/mol. The number of carbonyl (C=O) groups excluding carboxylic acids is 13. The number of nitrogens with two attached hydrogens (primary N) is 3. The first-order valence-corrected chi connectivity index (χ1v) is 33.1. The smallest absolute Gasteiger partial charge is 0.330 e. The molecule has 2 fully saturated rings. The van der Waals surface area contributed by atoms with Crippen LogP contribution in [0.25, 0.3) is 12.2 Å². The molecule has 0 aromatic heterocycles. The number of carboxylic acids is 2. The Morgan fingerprint density at radius 3 is 1.74 bits per heavy atom. The molecule has 560 valence electrons. The largest absolute Gasteiger partial charge is 0.481 e. The summed E-state index contributed by atoms with van der Waals surface area (Å²) in [7, 11) is 0. The minimum absolute atomic E-state index is 0.00782. The fraction of sp³-hybridized carbons (Fsp3) is 0.338. The van der Waals surface area contributed by atoms with Gasteiger partial charge in [0.15, 0.2) is 11.9 Å². The summed E-state index contributed by atoms with van der Waals surface area (Å²) in [5, 5.41) is 71.0. The summed E-state index contributed by atoms with van der Waals surface area (Å²) < 4.78 is 0. The third-order valence-corrected chi connectivity index (χ3v) is 15.1. The lowest BCUT2D eigenvalue weighted by Gasteiger charge is -2.24. The Morgan fingerprint density at radius 1 is 0.514 bits per heavy atom. The Balaban J connectivity index is 1.34. The monoisotopic (exact) mass is 1450 g/mol. The highest BCUT2D eigenvalue weighted by Gasteiger charge is 2.33. The molecular formula is C68H86N20O17. The van der Waals surface area contributed by atoms with Gasteiger partial charge in [-0.3, -0.25) is 77.9 Å². The van der Waals surface area contributed by atoms with Crippen molar-refractivity contribution in [2.75, 3.05) is 39.3 Å². The number of carboxylic acid groups (broad SMARTS) is 2. The molecule has 2 heterocycles. The Bertz CT molecular complexity index is 3860. The Hall–Kier alpha value is -13.3. The highest BCUT2D eigenvalue weighted by molar-refractivity contribution is 6.09. The third-order valence-electron chi connectivity index (χ3n) is 15.1. The number of guanidine groups is 2. The van der Waals surface area contributed by atoms with Gasteiger partial charge in [0.05, 0.1) is 31.3 Å². The minimum atomic E-state index is -1.75. The van der Waals surface area contributed by atoms with Crippen LogP contribution < -0.4 is 97.0 Å². The zero-order chi connectivity index (χ0) is 76.8. The van der Waals surface area contributed by atoms with E-state index >= 15 is 0 Å². The highest BCUT2D eigenvalue weighted by atomic mass is 16.4. The summed E-state index contributed by atoms with van der Waals surface area (Å²) in [6, 6.07) is 17.3. The van der Waals surface area contributed by atoms with E-state index in [4.69, 9.17) is 28.0 Å². The molecule has 105 heavy (non-hydrogen) atoms. The maximum atomic E-state index is 14.3. The van der Waals surface area contributed by atoms with Crippen LogP contribution in [0.1, 0.15) is 87.3 Å². The van der Waals surface area contributed by atoms with Gasteiger partial charge in [-0.05, 0) is 86.6 Å². The summed E-state index contributed by atoms with van der Waals surface area (Å²) in [5.74, 6) is -16.5. The van der Waals surface area contributed by atoms with Gasteiger partial charge >= 0.3 is 11.9 Å². The number of carbonyl (C=O) groups is 15. The highest BCUT2D eigenvalue weighted by Crippen LogP contribution is 2.13. The molecule has 5 rings (SSSR count). The second-order valence-electron chi connectivity index (χ2n) is 23.5. The van der Waals surface area contributed by atoms with Gasteiger partial charge in [0.25, 0.3) is 29.5 Å². The van der Waals surface area contributed by atoms with Gasteiger partial charge in [-0.1, -0.05) is 103 Å². The molecule has 25 N–H and O–H groups in total. The first kappa shape index (κ1) is 82.4. The fourth-order valence-electron chi connectivity index (χ4n) is 9.90. The number of rotatable bonds is 29. The summed E-state index contributed by atoms with van der Waals surface area (Å²) in [6.45, 7) is -1.75. The van der Waals surface area contributed by atoms with E-state index in [0.717, 1.165) is 0 Å². The van der Waals surface area contributed by atoms with Crippen LogP contribution in [0.4, 0.5) is 0 Å². The molecule has 2 aliphatic rings. The predicted octanol–water partition coefficient (Wildman–Crippen LogP) is -4.27. The fourth-order valence-corrected chi connectivity index (χ4v) is 9.90. The minimum Gasteiger partial charge on any atom is -0.481 e. The number of hydrogen-bond donors (Lipinski definition) is 22. The molecule has 37 heteroatoms. The van der Waals surface area contributed by atoms with Gasteiger partial charge in [-0.2, -0.15) is 0 Å². The zero-order valence-electron chi connectivity index (χ0n) is 56.9. The van der Waals surface area contributed by atoms with Crippen molar-refractivity contribution >= 4 is 113 Å². The summed E-state index contributed by atoms with van der Waals surface area (Å²) in [5.41, 5.74) is 15.9. The third kappa shape index (κ3) is 31.0. The molecule has 0 spiro atoms. The molecule has 2 saturated heterocycles. The van der Waals surface area contributed by atoms with Crippen molar-refractivity contribution in [3.8, 4) is 0 Å². The number of nitrogens with one attached hydrogen (secondary N) is 17. The van der Waals surface area contributed by atoms with Crippen molar-refractivity contribution < 1.29 is 82.1 Å². The van der Waals surface area contributed by atoms with Crippen LogP contribution in [-0.4, -0.2) is 180 Å². The van der Waals surface area contributed by atoms with Crippen LogP contribution in [0.3, 0.4) is 0 Å². The number of allylic oxidation sites excluding steroid dienone is 1. The van der Waals surface area contributed by atoms with E-state index in [1.807, 2.05) is 0 Å².